The van der Waals surface area contributed by atoms with Crippen LogP contribution in [0.5, 0.6) is 5.88 Å². The molecule has 0 saturated carbocycles. The van der Waals surface area contributed by atoms with Crippen molar-refractivity contribution in [1.29, 1.82) is 0 Å². The van der Waals surface area contributed by atoms with Crippen LogP contribution in [0.1, 0.15) is 12.1 Å². The summed E-state index contributed by atoms with van der Waals surface area (Å²) in [6.45, 7) is 0. The monoisotopic (exact) mass is 208 g/mol. The zero-order valence-electron chi connectivity index (χ0n) is 7.95. The fourth-order valence-electron chi connectivity index (χ4n) is 0.893. The van der Waals surface area contributed by atoms with Gasteiger partial charge in [-0.15, -0.1) is 0 Å². The molecular formula is C10H12N2OS. The second-order valence-electron chi connectivity index (χ2n) is 2.57. The lowest BCUT2D eigenvalue weighted by atomic mass is 10.3. The maximum atomic E-state index is 5.61. The summed E-state index contributed by atoms with van der Waals surface area (Å²) in [5, 5.41) is 0. The SMILES string of the molecule is COc1nc(C#CCCS)ccc1N. The highest BCUT2D eigenvalue weighted by Crippen LogP contribution is 2.16. The van der Waals surface area contributed by atoms with Crippen LogP contribution in [0, 0.1) is 11.8 Å². The molecule has 3 nitrogen and oxygen atoms in total. The zero-order chi connectivity index (χ0) is 10.4. The van der Waals surface area contributed by atoms with E-state index in [0.29, 0.717) is 17.3 Å². The van der Waals surface area contributed by atoms with Crippen molar-refractivity contribution in [2.45, 2.75) is 6.42 Å². The standard InChI is InChI=1S/C10H12N2OS/c1-13-10-9(11)6-5-8(12-10)4-2-3-7-14/h5-6,14H,3,7,11H2,1H3. The number of nitrogen functional groups attached to an aromatic ring is 1. The van der Waals surface area contributed by atoms with Gasteiger partial charge in [-0.1, -0.05) is 5.92 Å². The highest BCUT2D eigenvalue weighted by molar-refractivity contribution is 7.80. The number of rotatable bonds is 2. The van der Waals surface area contributed by atoms with Crippen molar-refractivity contribution in [3.63, 3.8) is 0 Å². The maximum absolute atomic E-state index is 5.61. The molecule has 4 heteroatoms. The van der Waals surface area contributed by atoms with Gasteiger partial charge in [0.05, 0.1) is 12.8 Å². The molecular weight excluding hydrogens is 196 g/mol. The predicted octanol–water partition coefficient (Wildman–Crippen LogP) is 1.34. The van der Waals surface area contributed by atoms with Crippen molar-refractivity contribution >= 4 is 18.3 Å². The molecule has 0 amide bonds. The Balaban J connectivity index is 2.86. The third-order valence-corrected chi connectivity index (χ3v) is 1.76. The number of thiol groups is 1. The molecule has 0 fully saturated rings. The molecule has 0 aliphatic rings. The quantitative estimate of drug-likeness (QED) is 0.569. The summed E-state index contributed by atoms with van der Waals surface area (Å²) < 4.78 is 4.97. The highest BCUT2D eigenvalue weighted by Gasteiger charge is 1.99. The number of hydrogen-bond donors (Lipinski definition) is 2. The van der Waals surface area contributed by atoms with Crippen LogP contribution in [0.2, 0.25) is 0 Å². The molecule has 1 rings (SSSR count). The second-order valence-corrected chi connectivity index (χ2v) is 3.02. The Morgan fingerprint density at radius 2 is 2.36 bits per heavy atom. The van der Waals surface area contributed by atoms with Gasteiger partial charge in [0, 0.05) is 12.2 Å². The van der Waals surface area contributed by atoms with E-state index in [2.05, 4.69) is 29.5 Å². The first-order valence-corrected chi connectivity index (χ1v) is 4.81. The van der Waals surface area contributed by atoms with Crippen molar-refractivity contribution in [1.82, 2.24) is 4.98 Å². The maximum Gasteiger partial charge on any atom is 0.238 e. The van der Waals surface area contributed by atoms with Crippen molar-refractivity contribution in [3.05, 3.63) is 17.8 Å². The number of nitrogens with zero attached hydrogens (tertiary/aromatic N) is 1. The summed E-state index contributed by atoms with van der Waals surface area (Å²) in [6, 6.07) is 3.50. The van der Waals surface area contributed by atoms with Crippen LogP contribution in [0.15, 0.2) is 12.1 Å². The summed E-state index contributed by atoms with van der Waals surface area (Å²) in [5.74, 6) is 7.01. The summed E-state index contributed by atoms with van der Waals surface area (Å²) in [4.78, 5) is 4.12. The van der Waals surface area contributed by atoms with E-state index in [1.165, 1.54) is 7.11 Å². The molecule has 74 valence electrons. The minimum atomic E-state index is 0.419. The topological polar surface area (TPSA) is 48.1 Å². The summed E-state index contributed by atoms with van der Waals surface area (Å²) >= 11 is 4.05. The molecule has 0 unspecified atom stereocenters. The van der Waals surface area contributed by atoms with Crippen LogP contribution in [-0.4, -0.2) is 17.8 Å². The molecule has 0 aliphatic carbocycles. The van der Waals surface area contributed by atoms with Crippen molar-refractivity contribution in [3.8, 4) is 17.7 Å². The molecule has 0 bridgehead atoms. The molecule has 1 aromatic heterocycles. The van der Waals surface area contributed by atoms with Gasteiger partial charge in [-0.2, -0.15) is 12.6 Å². The van der Waals surface area contributed by atoms with E-state index in [0.717, 1.165) is 12.2 Å². The first kappa shape index (κ1) is 10.7. The molecule has 0 aromatic carbocycles. The Kier molecular flexibility index (Phi) is 4.14. The van der Waals surface area contributed by atoms with Gasteiger partial charge < -0.3 is 10.5 Å². The van der Waals surface area contributed by atoms with Crippen LogP contribution in [0.25, 0.3) is 0 Å². The van der Waals surface area contributed by atoms with Crippen molar-refractivity contribution in [2.24, 2.45) is 0 Å². The Bertz CT molecular complexity index is 368. The molecule has 1 aromatic rings. The van der Waals surface area contributed by atoms with Crippen LogP contribution < -0.4 is 10.5 Å². The Labute approximate surface area is 89.1 Å². The van der Waals surface area contributed by atoms with E-state index >= 15 is 0 Å². The van der Waals surface area contributed by atoms with Gasteiger partial charge in [-0.3, -0.25) is 0 Å². The molecule has 0 spiro atoms. The van der Waals surface area contributed by atoms with Gasteiger partial charge >= 0.3 is 0 Å². The smallest absolute Gasteiger partial charge is 0.238 e. The minimum absolute atomic E-state index is 0.419. The van der Waals surface area contributed by atoms with E-state index in [4.69, 9.17) is 10.5 Å². The molecule has 2 N–H and O–H groups in total. The fourth-order valence-corrected chi connectivity index (χ4v) is 1.01. The van der Waals surface area contributed by atoms with E-state index in [1.54, 1.807) is 12.1 Å². The average Bonchev–Trinajstić information content (AvgIpc) is 2.21. The van der Waals surface area contributed by atoms with E-state index in [9.17, 15) is 0 Å². The van der Waals surface area contributed by atoms with Crippen molar-refractivity contribution in [2.75, 3.05) is 18.6 Å². The Hall–Kier alpha value is -1.34. The summed E-state index contributed by atoms with van der Waals surface area (Å²) in [7, 11) is 1.53. The first-order valence-electron chi connectivity index (χ1n) is 4.18. The van der Waals surface area contributed by atoms with Crippen LogP contribution in [0.4, 0.5) is 5.69 Å². The Morgan fingerprint density at radius 3 is 3.00 bits per heavy atom. The number of methoxy groups -OCH3 is 1. The minimum Gasteiger partial charge on any atom is -0.479 e. The van der Waals surface area contributed by atoms with E-state index in [1.807, 2.05) is 0 Å². The number of nitrogens with two attached hydrogens (primary N) is 1. The van der Waals surface area contributed by atoms with Gasteiger partial charge in [0.1, 0.15) is 5.69 Å². The lowest BCUT2D eigenvalue weighted by molar-refractivity contribution is 0.400. The van der Waals surface area contributed by atoms with Crippen LogP contribution >= 0.6 is 12.6 Å². The molecule has 14 heavy (non-hydrogen) atoms. The molecule has 0 saturated heterocycles. The Morgan fingerprint density at radius 1 is 1.57 bits per heavy atom. The second kappa shape index (κ2) is 5.40. The molecule has 1 heterocycles. The number of ether oxygens (including phenoxy) is 1. The number of anilines is 1. The number of aromatic nitrogens is 1. The third kappa shape index (κ3) is 2.86. The number of pyridine rings is 1. The highest BCUT2D eigenvalue weighted by atomic mass is 32.1. The van der Waals surface area contributed by atoms with Crippen LogP contribution in [-0.2, 0) is 0 Å². The van der Waals surface area contributed by atoms with Crippen LogP contribution in [0.3, 0.4) is 0 Å². The number of hydrogen-bond acceptors (Lipinski definition) is 4. The van der Waals surface area contributed by atoms with E-state index < -0.39 is 0 Å². The van der Waals surface area contributed by atoms with Crippen molar-refractivity contribution < 1.29 is 4.74 Å². The van der Waals surface area contributed by atoms with E-state index in [-0.39, 0.29) is 0 Å². The molecule has 0 aliphatic heterocycles. The molecule has 0 radical (unpaired) electrons. The lowest BCUT2D eigenvalue weighted by Crippen LogP contribution is -1.96. The summed E-state index contributed by atoms with van der Waals surface area (Å²) in [6.07, 6.45) is 0.748. The van der Waals surface area contributed by atoms with Gasteiger partial charge in [-0.25, -0.2) is 4.98 Å². The normalized spacial score (nSPS) is 9.00. The van der Waals surface area contributed by atoms with Gasteiger partial charge in [0.2, 0.25) is 5.88 Å². The van der Waals surface area contributed by atoms with Gasteiger partial charge in [-0.05, 0) is 18.1 Å². The summed E-state index contributed by atoms with van der Waals surface area (Å²) in [5.41, 5.74) is 6.79. The molecule has 0 atom stereocenters. The zero-order valence-corrected chi connectivity index (χ0v) is 8.84. The third-order valence-electron chi connectivity index (χ3n) is 1.54. The largest absolute Gasteiger partial charge is 0.479 e. The average molecular weight is 208 g/mol. The van der Waals surface area contributed by atoms with Gasteiger partial charge in [0.25, 0.3) is 0 Å². The lowest BCUT2D eigenvalue weighted by Gasteiger charge is -2.01. The van der Waals surface area contributed by atoms with Gasteiger partial charge in [0.15, 0.2) is 0 Å². The fraction of sp³-hybridized carbons (Fsp3) is 0.300. The predicted molar refractivity (Wildman–Crippen MR) is 60.5 cm³/mol. The first-order chi connectivity index (χ1) is 6.77.